The first kappa shape index (κ1) is 14.0. The number of hydrogen-bond acceptors (Lipinski definition) is 2. The molecule has 4 nitrogen and oxygen atoms in total. The first-order valence-electron chi connectivity index (χ1n) is 3.45. The van der Waals surface area contributed by atoms with Crippen molar-refractivity contribution in [1.29, 1.82) is 0 Å². The largest absolute Gasteiger partial charge is 0.480 e. The van der Waals surface area contributed by atoms with Crippen molar-refractivity contribution >= 4 is 28.9 Å². The highest BCUT2D eigenvalue weighted by Crippen LogP contribution is 2.00. The molecule has 0 unspecified atom stereocenters. The van der Waals surface area contributed by atoms with E-state index in [9.17, 15) is 9.59 Å². The number of carboxylic acids is 1. The minimum absolute atomic E-state index is 0. The molecule has 0 heterocycles. The van der Waals surface area contributed by atoms with Gasteiger partial charge in [0.25, 0.3) is 0 Å². The zero-order chi connectivity index (χ0) is 9.02. The lowest BCUT2D eigenvalue weighted by molar-refractivity contribution is -0.142. The summed E-state index contributed by atoms with van der Waals surface area (Å²) in [7, 11) is 0. The normalized spacial score (nSPS) is 11.7. The van der Waals surface area contributed by atoms with Crippen molar-refractivity contribution in [3.63, 3.8) is 0 Å². The fourth-order valence-electron chi connectivity index (χ4n) is 0.733. The lowest BCUT2D eigenvalue weighted by Crippen LogP contribution is -2.43. The Labute approximate surface area is 82.1 Å². The number of amides is 1. The van der Waals surface area contributed by atoms with E-state index in [0.29, 0.717) is 0 Å². The molecule has 0 fully saturated rings. The number of rotatable bonds is 3. The summed E-state index contributed by atoms with van der Waals surface area (Å²) in [5.74, 6) is -1.39. The van der Waals surface area contributed by atoms with Crippen LogP contribution in [-0.4, -0.2) is 23.0 Å². The molecule has 0 rings (SSSR count). The third-order valence-corrected chi connectivity index (χ3v) is 1.29. The predicted molar refractivity (Wildman–Crippen MR) is 50.4 cm³/mol. The summed E-state index contributed by atoms with van der Waals surface area (Å²) in [5.41, 5.74) is 0. The second-order valence-corrected chi connectivity index (χ2v) is 2.76. The average Bonchev–Trinajstić information content (AvgIpc) is 1.81. The molecule has 0 aromatic heterocycles. The Morgan fingerprint density at radius 3 is 1.83 bits per heavy atom. The first-order chi connectivity index (χ1) is 4.95. The molecule has 5 heteroatoms. The van der Waals surface area contributed by atoms with Crippen molar-refractivity contribution in [3.05, 3.63) is 0 Å². The summed E-state index contributed by atoms with van der Waals surface area (Å²) < 4.78 is 0. The number of carboxylic acid groups (broad SMARTS) is 1. The van der Waals surface area contributed by atoms with Crippen LogP contribution in [0.3, 0.4) is 0 Å². The first-order valence-corrected chi connectivity index (χ1v) is 3.45. The van der Waals surface area contributed by atoms with Crippen LogP contribution >= 0.6 is 17.0 Å². The smallest absolute Gasteiger partial charge is 0.326 e. The summed E-state index contributed by atoms with van der Waals surface area (Å²) in [6, 6.07) is -0.771. The zero-order valence-corrected chi connectivity index (χ0v) is 9.04. The summed E-state index contributed by atoms with van der Waals surface area (Å²) in [5, 5.41) is 10.9. The van der Waals surface area contributed by atoms with Crippen LogP contribution in [0.25, 0.3) is 0 Å². The van der Waals surface area contributed by atoms with E-state index >= 15 is 0 Å². The second-order valence-electron chi connectivity index (χ2n) is 2.76. The zero-order valence-electron chi connectivity index (χ0n) is 7.33. The molecule has 0 aromatic carbocycles. The van der Waals surface area contributed by atoms with E-state index in [1.165, 1.54) is 6.92 Å². The van der Waals surface area contributed by atoms with Crippen molar-refractivity contribution in [1.82, 2.24) is 5.32 Å². The van der Waals surface area contributed by atoms with Crippen molar-refractivity contribution in [3.8, 4) is 0 Å². The number of carbonyl (C=O) groups excluding carboxylic acids is 1. The molecule has 0 saturated carbocycles. The van der Waals surface area contributed by atoms with Gasteiger partial charge in [0.2, 0.25) is 5.91 Å². The van der Waals surface area contributed by atoms with Crippen LogP contribution in [0.4, 0.5) is 0 Å². The van der Waals surface area contributed by atoms with Gasteiger partial charge in [-0.1, -0.05) is 13.8 Å². The Balaban J connectivity index is 0. The van der Waals surface area contributed by atoms with E-state index in [1.807, 2.05) is 0 Å². The SMILES string of the molecule is Br.CC(=O)N[C@H](C(=O)O)C(C)C. The standard InChI is InChI=1S/C7H13NO3.BrH/c1-4(2)6(7(10)11)8-5(3)9;/h4,6H,1-3H3,(H,8,9)(H,10,11);1H/t6-;/m0./s1. The summed E-state index contributed by atoms with van der Waals surface area (Å²) in [6.45, 7) is 4.79. The van der Waals surface area contributed by atoms with Crippen molar-refractivity contribution in [2.24, 2.45) is 5.92 Å². The molecule has 0 spiro atoms. The fourth-order valence-corrected chi connectivity index (χ4v) is 0.733. The molecule has 72 valence electrons. The predicted octanol–water partition coefficient (Wildman–Crippen LogP) is 0.810. The van der Waals surface area contributed by atoms with E-state index in [2.05, 4.69) is 5.32 Å². The van der Waals surface area contributed by atoms with Crippen molar-refractivity contribution < 1.29 is 14.7 Å². The summed E-state index contributed by atoms with van der Waals surface area (Å²) >= 11 is 0. The lowest BCUT2D eigenvalue weighted by Gasteiger charge is -2.16. The summed E-state index contributed by atoms with van der Waals surface area (Å²) in [6.07, 6.45) is 0. The third kappa shape index (κ3) is 5.12. The molecule has 0 aliphatic heterocycles. The molecule has 0 aliphatic rings. The molecule has 12 heavy (non-hydrogen) atoms. The minimum Gasteiger partial charge on any atom is -0.480 e. The van der Waals surface area contributed by atoms with E-state index in [1.54, 1.807) is 13.8 Å². The van der Waals surface area contributed by atoms with Crippen LogP contribution in [0, 0.1) is 5.92 Å². The maximum Gasteiger partial charge on any atom is 0.326 e. The average molecular weight is 240 g/mol. The Bertz CT molecular complexity index is 170. The van der Waals surface area contributed by atoms with E-state index in [4.69, 9.17) is 5.11 Å². The Morgan fingerprint density at radius 2 is 1.75 bits per heavy atom. The highest BCUT2D eigenvalue weighted by atomic mass is 79.9. The van der Waals surface area contributed by atoms with Crippen molar-refractivity contribution in [2.75, 3.05) is 0 Å². The van der Waals surface area contributed by atoms with Gasteiger partial charge in [-0.25, -0.2) is 4.79 Å². The number of nitrogens with one attached hydrogen (secondary N) is 1. The van der Waals surface area contributed by atoms with Gasteiger partial charge in [-0.15, -0.1) is 17.0 Å². The van der Waals surface area contributed by atoms with Crippen LogP contribution in [0.15, 0.2) is 0 Å². The molecule has 0 bridgehead atoms. The maximum atomic E-state index is 10.5. The van der Waals surface area contributed by atoms with E-state index in [0.717, 1.165) is 0 Å². The summed E-state index contributed by atoms with van der Waals surface area (Å²) in [4.78, 5) is 21.0. The highest BCUT2D eigenvalue weighted by molar-refractivity contribution is 8.93. The topological polar surface area (TPSA) is 66.4 Å². The van der Waals surface area contributed by atoms with E-state index in [-0.39, 0.29) is 28.8 Å². The number of carbonyl (C=O) groups is 2. The Hall–Kier alpha value is -0.580. The quantitative estimate of drug-likeness (QED) is 0.767. The molecular weight excluding hydrogens is 226 g/mol. The fraction of sp³-hybridized carbons (Fsp3) is 0.714. The van der Waals surface area contributed by atoms with Gasteiger partial charge in [0, 0.05) is 6.92 Å². The maximum absolute atomic E-state index is 10.5. The van der Waals surface area contributed by atoms with Gasteiger partial charge in [0.05, 0.1) is 0 Å². The lowest BCUT2D eigenvalue weighted by atomic mass is 10.1. The number of hydrogen-bond donors (Lipinski definition) is 2. The number of aliphatic carboxylic acids is 1. The van der Waals surface area contributed by atoms with Crippen LogP contribution in [0.1, 0.15) is 20.8 Å². The van der Waals surface area contributed by atoms with Gasteiger partial charge < -0.3 is 10.4 Å². The van der Waals surface area contributed by atoms with Crippen LogP contribution < -0.4 is 5.32 Å². The molecule has 0 aliphatic carbocycles. The highest BCUT2D eigenvalue weighted by Gasteiger charge is 2.21. The van der Waals surface area contributed by atoms with E-state index < -0.39 is 12.0 Å². The van der Waals surface area contributed by atoms with Gasteiger partial charge >= 0.3 is 5.97 Å². The molecule has 1 atom stereocenters. The second kappa shape index (κ2) is 5.99. The van der Waals surface area contributed by atoms with Gasteiger partial charge in [-0.3, -0.25) is 4.79 Å². The number of halogens is 1. The molecule has 0 aromatic rings. The van der Waals surface area contributed by atoms with Gasteiger partial charge in [0.1, 0.15) is 6.04 Å². The minimum atomic E-state index is -0.991. The molecule has 0 radical (unpaired) electrons. The molecular formula is C7H14BrNO3. The monoisotopic (exact) mass is 239 g/mol. The van der Waals surface area contributed by atoms with Crippen LogP contribution in [0.5, 0.6) is 0 Å². The Morgan fingerprint density at radius 1 is 1.33 bits per heavy atom. The van der Waals surface area contributed by atoms with Crippen LogP contribution in [-0.2, 0) is 9.59 Å². The molecule has 1 amide bonds. The van der Waals surface area contributed by atoms with Gasteiger partial charge in [-0.2, -0.15) is 0 Å². The third-order valence-electron chi connectivity index (χ3n) is 1.29. The molecule has 0 saturated heterocycles. The van der Waals surface area contributed by atoms with Gasteiger partial charge in [0.15, 0.2) is 0 Å². The van der Waals surface area contributed by atoms with Crippen molar-refractivity contribution in [2.45, 2.75) is 26.8 Å². The molecule has 2 N–H and O–H groups in total. The van der Waals surface area contributed by atoms with Crippen LogP contribution in [0.2, 0.25) is 0 Å². The Kier molecular flexibility index (Phi) is 6.98. The van der Waals surface area contributed by atoms with Gasteiger partial charge in [-0.05, 0) is 5.92 Å².